The summed E-state index contributed by atoms with van der Waals surface area (Å²) in [6, 6.07) is 3.90. The number of methoxy groups -OCH3 is 1. The fraction of sp³-hybridized carbons (Fsp3) is 0.333. The Kier molecular flexibility index (Phi) is 4.69. The van der Waals surface area contributed by atoms with Crippen molar-refractivity contribution >= 4 is 17.9 Å². The van der Waals surface area contributed by atoms with Crippen molar-refractivity contribution < 1.29 is 31.4 Å². The first kappa shape index (κ1) is 13.7. The summed E-state index contributed by atoms with van der Waals surface area (Å²) in [4.78, 5) is 4.45. The maximum Gasteiger partial charge on any atom is 0.334 e. The fourth-order valence-electron chi connectivity index (χ4n) is 1.66. The van der Waals surface area contributed by atoms with Crippen LogP contribution in [0, 0.1) is 6.92 Å². The monoisotopic (exact) mass is 298 g/mol. The second-order valence-corrected chi connectivity index (χ2v) is 3.75. The topological polar surface area (TPSA) is 45.7 Å². The number of aliphatic imine (C=N–C) groups is 1. The van der Waals surface area contributed by atoms with Crippen molar-refractivity contribution in [2.75, 3.05) is 7.11 Å². The summed E-state index contributed by atoms with van der Waals surface area (Å²) >= 11 is 0. The maximum atomic E-state index is 9.69. The minimum atomic E-state index is 0. The highest BCUT2D eigenvalue weighted by atomic mass is 79.9. The first-order valence-corrected chi connectivity index (χ1v) is 5.22. The highest BCUT2D eigenvalue weighted by Crippen LogP contribution is 2.17. The van der Waals surface area contributed by atoms with Gasteiger partial charge in [0.2, 0.25) is 0 Å². The van der Waals surface area contributed by atoms with E-state index < -0.39 is 0 Å². The lowest BCUT2D eigenvalue weighted by atomic mass is 10.2. The molecule has 0 fully saturated rings. The highest BCUT2D eigenvalue weighted by Gasteiger charge is 2.18. The summed E-state index contributed by atoms with van der Waals surface area (Å²) in [6.07, 6.45) is 4.72. The number of aryl methyl sites for hydroxylation is 1. The van der Waals surface area contributed by atoms with Crippen molar-refractivity contribution in [3.63, 3.8) is 0 Å². The Labute approximate surface area is 111 Å². The van der Waals surface area contributed by atoms with Gasteiger partial charge < -0.3 is 26.8 Å². The Morgan fingerprint density at radius 2 is 2.18 bits per heavy atom. The van der Waals surface area contributed by atoms with Crippen LogP contribution in [0.15, 0.2) is 29.1 Å². The molecule has 1 aliphatic rings. The standard InChI is InChI=1S/C12H14N2O2.BrH/c1-9-4-3-7-14-8-10(15)5-6-11(16-2)13-12(9)14;/h3-4,7-8H,5-6H2,1-2H3;1H. The molecule has 0 amide bonds. The smallest absolute Gasteiger partial charge is 0.334 e. The summed E-state index contributed by atoms with van der Waals surface area (Å²) in [7, 11) is 1.60. The van der Waals surface area contributed by atoms with Crippen molar-refractivity contribution in [3.8, 4) is 0 Å². The van der Waals surface area contributed by atoms with Gasteiger partial charge in [0.1, 0.15) is 12.0 Å². The third-order valence-electron chi connectivity index (χ3n) is 2.54. The van der Waals surface area contributed by atoms with Crippen LogP contribution >= 0.6 is 0 Å². The van der Waals surface area contributed by atoms with Crippen LogP contribution in [0.25, 0.3) is 6.20 Å². The molecule has 1 N–H and O–H groups in total. The van der Waals surface area contributed by atoms with Crippen LogP contribution in [0.2, 0.25) is 0 Å². The lowest BCUT2D eigenvalue weighted by Gasteiger charge is -2.06. The van der Waals surface area contributed by atoms with Crippen LogP contribution in [-0.2, 0) is 4.74 Å². The van der Waals surface area contributed by atoms with Gasteiger partial charge in [0.15, 0.2) is 0 Å². The Hall–Kier alpha value is -1.36. The number of rotatable bonds is 0. The maximum absolute atomic E-state index is 9.69. The number of ether oxygens (including phenoxy) is 1. The highest BCUT2D eigenvalue weighted by molar-refractivity contribution is 5.79. The summed E-state index contributed by atoms with van der Waals surface area (Å²) < 4.78 is 6.99. The number of hydrogen-bond donors (Lipinski definition) is 1. The van der Waals surface area contributed by atoms with Crippen molar-refractivity contribution in [2.45, 2.75) is 19.8 Å². The average molecular weight is 299 g/mol. The molecule has 0 saturated heterocycles. The van der Waals surface area contributed by atoms with Crippen molar-refractivity contribution in [1.29, 1.82) is 0 Å². The van der Waals surface area contributed by atoms with Crippen LogP contribution < -0.4 is 21.5 Å². The quantitative estimate of drug-likeness (QED) is 0.632. The van der Waals surface area contributed by atoms with Crippen molar-refractivity contribution in [3.05, 3.63) is 29.7 Å². The van der Waals surface area contributed by atoms with E-state index in [2.05, 4.69) is 4.99 Å². The van der Waals surface area contributed by atoms with E-state index in [0.29, 0.717) is 24.5 Å². The molecule has 1 aliphatic heterocycles. The Balaban J connectivity index is 0.00000144. The molecule has 0 aromatic carbocycles. The second-order valence-electron chi connectivity index (χ2n) is 3.75. The number of nitrogens with zero attached hydrogens (tertiary/aromatic N) is 2. The van der Waals surface area contributed by atoms with Gasteiger partial charge in [-0.2, -0.15) is 4.57 Å². The number of aromatic nitrogens is 1. The first-order valence-electron chi connectivity index (χ1n) is 5.22. The predicted molar refractivity (Wildman–Crippen MR) is 61.6 cm³/mol. The van der Waals surface area contributed by atoms with Gasteiger partial charge in [-0.15, -0.1) is 0 Å². The van der Waals surface area contributed by atoms with Gasteiger partial charge in [-0.3, -0.25) is 0 Å². The van der Waals surface area contributed by atoms with Crippen LogP contribution in [-0.4, -0.2) is 18.1 Å². The molecule has 2 rings (SSSR count). The molecular formula is C12H15BrN2O2. The van der Waals surface area contributed by atoms with Gasteiger partial charge in [0, 0.05) is 12.0 Å². The van der Waals surface area contributed by atoms with E-state index in [1.165, 1.54) is 0 Å². The van der Waals surface area contributed by atoms with Crippen molar-refractivity contribution in [2.24, 2.45) is 4.99 Å². The van der Waals surface area contributed by atoms with Gasteiger partial charge >= 0.3 is 11.7 Å². The molecule has 0 unspecified atom stereocenters. The number of aliphatic hydroxyl groups excluding tert-OH is 1. The zero-order valence-corrected chi connectivity index (χ0v) is 11.4. The summed E-state index contributed by atoms with van der Waals surface area (Å²) in [5.41, 5.74) is 1.04. The molecular weight excluding hydrogens is 284 g/mol. The molecule has 92 valence electrons. The molecule has 1 aromatic rings. The van der Waals surface area contributed by atoms with Gasteiger partial charge in [-0.1, -0.05) is 0 Å². The largest absolute Gasteiger partial charge is 1.00 e. The van der Waals surface area contributed by atoms with E-state index in [0.717, 1.165) is 11.4 Å². The lowest BCUT2D eigenvalue weighted by Crippen LogP contribution is -3.00. The molecule has 0 spiro atoms. The van der Waals surface area contributed by atoms with E-state index in [1.807, 2.05) is 29.8 Å². The normalized spacial score (nSPS) is 14.5. The predicted octanol–water partition coefficient (Wildman–Crippen LogP) is -0.887. The lowest BCUT2D eigenvalue weighted by molar-refractivity contribution is -0.556. The van der Waals surface area contributed by atoms with E-state index in [1.54, 1.807) is 13.3 Å². The summed E-state index contributed by atoms with van der Waals surface area (Å²) in [6.45, 7) is 1.98. The molecule has 0 bridgehead atoms. The molecule has 0 atom stereocenters. The third-order valence-corrected chi connectivity index (χ3v) is 2.54. The van der Waals surface area contributed by atoms with Crippen LogP contribution in [0.4, 0.5) is 5.82 Å². The van der Waals surface area contributed by atoms with Gasteiger partial charge in [0.25, 0.3) is 0 Å². The molecule has 1 aromatic heterocycles. The number of pyridine rings is 1. The van der Waals surface area contributed by atoms with E-state index in [4.69, 9.17) is 4.74 Å². The SMILES string of the molecule is COC1=Nc2c(C)ccc[n+]2C=C(O)CC1.[Br-]. The van der Waals surface area contributed by atoms with E-state index >= 15 is 0 Å². The number of fused-ring (bicyclic) bond motifs is 1. The first-order chi connectivity index (χ1) is 7.70. The number of hydrogen-bond acceptors (Lipinski definition) is 3. The van der Waals surface area contributed by atoms with E-state index in [-0.39, 0.29) is 17.0 Å². The molecule has 17 heavy (non-hydrogen) atoms. The molecule has 4 nitrogen and oxygen atoms in total. The minimum Gasteiger partial charge on any atom is -1.00 e. The molecule has 2 heterocycles. The number of halogens is 1. The van der Waals surface area contributed by atoms with Gasteiger partial charge in [-0.25, -0.2) is 0 Å². The number of allylic oxidation sites excluding steroid dienone is 1. The zero-order valence-electron chi connectivity index (χ0n) is 9.85. The Morgan fingerprint density at radius 3 is 2.88 bits per heavy atom. The minimum absolute atomic E-state index is 0. The fourth-order valence-corrected chi connectivity index (χ4v) is 1.66. The molecule has 5 heteroatoms. The van der Waals surface area contributed by atoms with Crippen LogP contribution in [0.3, 0.4) is 0 Å². The van der Waals surface area contributed by atoms with Crippen LogP contribution in [0.5, 0.6) is 0 Å². The average Bonchev–Trinajstić information content (AvgIpc) is 2.24. The Bertz CT molecular complexity index is 470. The van der Waals surface area contributed by atoms with Crippen LogP contribution in [0.1, 0.15) is 18.4 Å². The molecule has 0 radical (unpaired) electrons. The van der Waals surface area contributed by atoms with Gasteiger partial charge in [-0.05, 0) is 24.0 Å². The third kappa shape index (κ3) is 3.06. The second kappa shape index (κ2) is 5.82. The Morgan fingerprint density at radius 1 is 1.41 bits per heavy atom. The molecule has 0 saturated carbocycles. The van der Waals surface area contributed by atoms with Crippen molar-refractivity contribution in [1.82, 2.24) is 0 Å². The zero-order chi connectivity index (χ0) is 11.5. The summed E-state index contributed by atoms with van der Waals surface area (Å²) in [5.74, 6) is 1.77. The van der Waals surface area contributed by atoms with E-state index in [9.17, 15) is 5.11 Å². The van der Waals surface area contributed by atoms with Gasteiger partial charge in [0.05, 0.1) is 19.7 Å². The number of aliphatic hydroxyl groups is 1. The summed E-state index contributed by atoms with van der Waals surface area (Å²) in [5, 5.41) is 9.69. The molecule has 0 aliphatic carbocycles.